The zero-order chi connectivity index (χ0) is 20.7. The number of aliphatic hydroxyl groups excluding tert-OH is 1. The molecule has 0 unspecified atom stereocenters. The zero-order valence-electron chi connectivity index (χ0n) is 16.9. The highest BCUT2D eigenvalue weighted by molar-refractivity contribution is 5.99. The number of nitrogens with zero attached hydrogens (tertiary/aromatic N) is 2. The highest BCUT2D eigenvalue weighted by atomic mass is 16.5. The fourth-order valence-corrected chi connectivity index (χ4v) is 2.54. The van der Waals surface area contributed by atoms with Gasteiger partial charge in [0, 0.05) is 0 Å². The van der Waals surface area contributed by atoms with Gasteiger partial charge in [0.15, 0.2) is 5.76 Å². The van der Waals surface area contributed by atoms with Crippen LogP contribution in [0.1, 0.15) is 62.7 Å². The Balaban J connectivity index is 2.10. The van der Waals surface area contributed by atoms with Crippen molar-refractivity contribution >= 4 is 11.8 Å². The molecule has 0 saturated heterocycles. The highest BCUT2D eigenvalue weighted by Gasteiger charge is 2.20. The number of allylic oxidation sites excluding steroid dienone is 2. The molecule has 0 aliphatic carbocycles. The van der Waals surface area contributed by atoms with E-state index in [9.17, 15) is 9.90 Å². The van der Waals surface area contributed by atoms with Crippen LogP contribution < -0.4 is 5.32 Å². The number of carbonyl (C=O) groups is 1. The summed E-state index contributed by atoms with van der Waals surface area (Å²) in [6, 6.07) is 9.47. The lowest BCUT2D eigenvalue weighted by molar-refractivity contribution is 0.136. The van der Waals surface area contributed by atoms with Gasteiger partial charge in [0.25, 0.3) is 0 Å². The molecule has 1 atom stereocenters. The first-order valence-corrected chi connectivity index (χ1v) is 9.21. The Morgan fingerprint density at radius 2 is 2.00 bits per heavy atom. The standard InChI is InChI=1S/C21H27N3O4/c1-6-19(22-13(2)16(5)25)20-18(15(4)24-28-20)12-27-21(26)23-14(3)17-10-8-7-9-11-17/h7-11,14,25H,6,12H2,1-5H3,(H,23,26)/b16-13+,22-19+/t14-/m1/s1. The number of aliphatic hydroxyl groups is 1. The van der Waals surface area contributed by atoms with Crippen molar-refractivity contribution in [3.63, 3.8) is 0 Å². The summed E-state index contributed by atoms with van der Waals surface area (Å²) < 4.78 is 10.8. The first-order valence-electron chi connectivity index (χ1n) is 9.21. The van der Waals surface area contributed by atoms with Crippen molar-refractivity contribution in [2.45, 2.75) is 53.7 Å². The summed E-state index contributed by atoms with van der Waals surface area (Å²) in [7, 11) is 0. The van der Waals surface area contributed by atoms with Crippen LogP contribution in [0.3, 0.4) is 0 Å². The van der Waals surface area contributed by atoms with Crippen LogP contribution in [0.15, 0.2) is 51.3 Å². The molecule has 0 spiro atoms. The van der Waals surface area contributed by atoms with E-state index in [1.54, 1.807) is 20.8 Å². The summed E-state index contributed by atoms with van der Waals surface area (Å²) in [6.07, 6.45) is 0.0453. The van der Waals surface area contributed by atoms with Crippen molar-refractivity contribution in [2.75, 3.05) is 0 Å². The maximum Gasteiger partial charge on any atom is 0.407 e. The average molecular weight is 385 g/mol. The van der Waals surface area contributed by atoms with Crippen LogP contribution in [0, 0.1) is 6.92 Å². The molecule has 150 valence electrons. The SMILES string of the molecule is CC/C(=N\C(C)=C(/C)O)c1onc(C)c1COC(=O)N[C@H](C)c1ccccc1. The number of hydrogen-bond acceptors (Lipinski definition) is 6. The third kappa shape index (κ3) is 5.45. The Hall–Kier alpha value is -3.09. The fraction of sp³-hybridized carbons (Fsp3) is 0.381. The predicted molar refractivity (Wildman–Crippen MR) is 107 cm³/mol. The quantitative estimate of drug-likeness (QED) is 0.517. The Bertz CT molecular complexity index is 865. The topological polar surface area (TPSA) is 97.0 Å². The number of benzene rings is 1. The minimum Gasteiger partial charge on any atom is -0.511 e. The van der Waals surface area contributed by atoms with E-state index in [2.05, 4.69) is 15.5 Å². The monoisotopic (exact) mass is 385 g/mol. The zero-order valence-corrected chi connectivity index (χ0v) is 16.9. The lowest BCUT2D eigenvalue weighted by Gasteiger charge is -2.14. The van der Waals surface area contributed by atoms with Gasteiger partial charge in [-0.1, -0.05) is 42.4 Å². The number of carbonyl (C=O) groups excluding carboxylic acids is 1. The number of aromatic nitrogens is 1. The van der Waals surface area contributed by atoms with E-state index in [0.29, 0.717) is 34.8 Å². The van der Waals surface area contributed by atoms with Gasteiger partial charge < -0.3 is 19.7 Å². The summed E-state index contributed by atoms with van der Waals surface area (Å²) in [6.45, 7) is 8.89. The maximum absolute atomic E-state index is 12.2. The number of hydrogen-bond donors (Lipinski definition) is 2. The number of aliphatic imine (C=N–C) groups is 1. The first kappa shape index (κ1) is 21.2. The number of rotatable bonds is 7. The van der Waals surface area contributed by atoms with Crippen LogP contribution in [0.25, 0.3) is 0 Å². The van der Waals surface area contributed by atoms with Crippen molar-refractivity contribution in [1.82, 2.24) is 10.5 Å². The Kier molecular flexibility index (Phi) is 7.37. The molecule has 0 bridgehead atoms. The van der Waals surface area contributed by atoms with Crippen molar-refractivity contribution in [3.05, 3.63) is 64.4 Å². The smallest absolute Gasteiger partial charge is 0.407 e. The summed E-state index contributed by atoms with van der Waals surface area (Å²) in [5.41, 5.74) is 3.40. The molecule has 0 aliphatic heterocycles. The number of amides is 1. The van der Waals surface area contributed by atoms with Gasteiger partial charge in [-0.25, -0.2) is 4.79 Å². The molecular formula is C21H27N3O4. The summed E-state index contributed by atoms with van der Waals surface area (Å²) in [5, 5.41) is 16.4. The van der Waals surface area contributed by atoms with E-state index in [-0.39, 0.29) is 18.4 Å². The number of nitrogens with one attached hydrogen (secondary N) is 1. The van der Waals surface area contributed by atoms with Gasteiger partial charge in [0.1, 0.15) is 12.4 Å². The Morgan fingerprint density at radius 1 is 1.32 bits per heavy atom. The van der Waals surface area contributed by atoms with Crippen LogP contribution >= 0.6 is 0 Å². The third-order valence-electron chi connectivity index (χ3n) is 4.39. The van der Waals surface area contributed by atoms with Crippen molar-refractivity contribution < 1.29 is 19.2 Å². The molecule has 1 heterocycles. The number of ether oxygens (including phenoxy) is 1. The molecule has 2 N–H and O–H groups in total. The molecule has 2 rings (SSSR count). The normalized spacial score (nSPS) is 13.7. The third-order valence-corrected chi connectivity index (χ3v) is 4.39. The molecule has 7 heteroatoms. The minimum atomic E-state index is -0.528. The van der Waals surface area contributed by atoms with Crippen LogP contribution in [0.4, 0.5) is 4.79 Å². The van der Waals surface area contributed by atoms with E-state index in [0.717, 1.165) is 5.56 Å². The fourth-order valence-electron chi connectivity index (χ4n) is 2.54. The van der Waals surface area contributed by atoms with E-state index >= 15 is 0 Å². The molecule has 7 nitrogen and oxygen atoms in total. The summed E-state index contributed by atoms with van der Waals surface area (Å²) in [5.74, 6) is 0.596. The maximum atomic E-state index is 12.2. The van der Waals surface area contributed by atoms with E-state index in [4.69, 9.17) is 9.26 Å². The van der Waals surface area contributed by atoms with E-state index < -0.39 is 6.09 Å². The van der Waals surface area contributed by atoms with Crippen LogP contribution in [0.5, 0.6) is 0 Å². The van der Waals surface area contributed by atoms with Gasteiger partial charge in [-0.05, 0) is 39.7 Å². The molecule has 1 aromatic carbocycles. The number of alkyl carbamates (subject to hydrolysis) is 1. The van der Waals surface area contributed by atoms with Gasteiger partial charge in [-0.3, -0.25) is 4.99 Å². The van der Waals surface area contributed by atoms with Crippen LogP contribution in [0.2, 0.25) is 0 Å². The summed E-state index contributed by atoms with van der Waals surface area (Å²) >= 11 is 0. The summed E-state index contributed by atoms with van der Waals surface area (Å²) in [4.78, 5) is 16.6. The molecule has 1 aromatic heterocycles. The largest absolute Gasteiger partial charge is 0.511 e. The van der Waals surface area contributed by atoms with Crippen molar-refractivity contribution in [1.29, 1.82) is 0 Å². The Morgan fingerprint density at radius 3 is 2.61 bits per heavy atom. The second-order valence-electron chi connectivity index (χ2n) is 6.51. The lowest BCUT2D eigenvalue weighted by atomic mass is 10.1. The molecule has 1 amide bonds. The van der Waals surface area contributed by atoms with E-state index in [1.165, 1.54) is 0 Å². The number of aryl methyl sites for hydroxylation is 1. The van der Waals surface area contributed by atoms with Gasteiger partial charge in [0.2, 0.25) is 0 Å². The molecule has 0 radical (unpaired) electrons. The predicted octanol–water partition coefficient (Wildman–Crippen LogP) is 4.98. The second kappa shape index (κ2) is 9.73. The average Bonchev–Trinajstić information content (AvgIpc) is 3.05. The Labute approximate surface area is 165 Å². The van der Waals surface area contributed by atoms with Gasteiger partial charge in [-0.2, -0.15) is 0 Å². The molecule has 28 heavy (non-hydrogen) atoms. The van der Waals surface area contributed by atoms with Crippen LogP contribution in [-0.2, 0) is 11.3 Å². The molecule has 0 saturated carbocycles. The molecule has 0 aliphatic rings. The molecular weight excluding hydrogens is 358 g/mol. The van der Waals surface area contributed by atoms with Gasteiger partial charge >= 0.3 is 6.09 Å². The second-order valence-corrected chi connectivity index (χ2v) is 6.51. The lowest BCUT2D eigenvalue weighted by Crippen LogP contribution is -2.27. The van der Waals surface area contributed by atoms with Gasteiger partial charge in [-0.15, -0.1) is 0 Å². The first-order chi connectivity index (χ1) is 13.3. The minimum absolute atomic E-state index is 0.0118. The van der Waals surface area contributed by atoms with E-state index in [1.807, 2.05) is 44.2 Å². The molecule has 0 fully saturated rings. The van der Waals surface area contributed by atoms with Gasteiger partial charge in [0.05, 0.1) is 28.7 Å². The molecule has 2 aromatic rings. The van der Waals surface area contributed by atoms with Crippen molar-refractivity contribution in [2.24, 2.45) is 4.99 Å². The van der Waals surface area contributed by atoms with Crippen LogP contribution in [-0.4, -0.2) is 22.1 Å². The highest BCUT2D eigenvalue weighted by Crippen LogP contribution is 2.19. The van der Waals surface area contributed by atoms with Crippen molar-refractivity contribution in [3.8, 4) is 0 Å².